The second-order valence-corrected chi connectivity index (χ2v) is 5.10. The SMILES string of the molecule is COC(=O)Cc1cccc(OCC(=O)Nc2ccc(C)cc2)c1. The lowest BCUT2D eigenvalue weighted by atomic mass is 10.1. The Bertz CT molecular complexity index is 680. The van der Waals surface area contributed by atoms with Crippen molar-refractivity contribution in [3.8, 4) is 5.75 Å². The normalized spacial score (nSPS) is 10.0. The van der Waals surface area contributed by atoms with Crippen molar-refractivity contribution >= 4 is 17.6 Å². The Morgan fingerprint density at radius 3 is 2.52 bits per heavy atom. The molecule has 2 rings (SSSR count). The van der Waals surface area contributed by atoms with E-state index in [0.717, 1.165) is 16.8 Å². The van der Waals surface area contributed by atoms with Crippen molar-refractivity contribution < 1.29 is 19.1 Å². The maximum Gasteiger partial charge on any atom is 0.309 e. The summed E-state index contributed by atoms with van der Waals surface area (Å²) in [6, 6.07) is 14.5. The largest absolute Gasteiger partial charge is 0.484 e. The topological polar surface area (TPSA) is 64.6 Å². The molecule has 0 fully saturated rings. The van der Waals surface area contributed by atoms with E-state index >= 15 is 0 Å². The van der Waals surface area contributed by atoms with Gasteiger partial charge in [-0.05, 0) is 36.8 Å². The first-order valence-electron chi connectivity index (χ1n) is 7.22. The molecule has 0 aliphatic heterocycles. The highest BCUT2D eigenvalue weighted by atomic mass is 16.5. The molecule has 23 heavy (non-hydrogen) atoms. The molecule has 0 aromatic heterocycles. The number of carbonyl (C=O) groups is 2. The Morgan fingerprint density at radius 2 is 1.83 bits per heavy atom. The van der Waals surface area contributed by atoms with Crippen LogP contribution in [0.2, 0.25) is 0 Å². The molecule has 1 N–H and O–H groups in total. The summed E-state index contributed by atoms with van der Waals surface area (Å²) >= 11 is 0. The van der Waals surface area contributed by atoms with Gasteiger partial charge in [0.05, 0.1) is 13.5 Å². The van der Waals surface area contributed by atoms with Crippen LogP contribution in [0, 0.1) is 6.92 Å². The van der Waals surface area contributed by atoms with Gasteiger partial charge in [-0.15, -0.1) is 0 Å². The Balaban J connectivity index is 1.87. The molecule has 1 amide bonds. The summed E-state index contributed by atoms with van der Waals surface area (Å²) in [6.07, 6.45) is 0.170. The van der Waals surface area contributed by atoms with Gasteiger partial charge in [-0.3, -0.25) is 9.59 Å². The van der Waals surface area contributed by atoms with Gasteiger partial charge in [0.1, 0.15) is 5.75 Å². The molecular formula is C18H19NO4. The van der Waals surface area contributed by atoms with Crippen LogP contribution in [0.4, 0.5) is 5.69 Å². The fourth-order valence-electron chi connectivity index (χ4n) is 1.97. The van der Waals surface area contributed by atoms with E-state index < -0.39 is 0 Å². The van der Waals surface area contributed by atoms with E-state index in [1.54, 1.807) is 24.3 Å². The predicted octanol–water partition coefficient (Wildman–Crippen LogP) is 2.73. The third-order valence-corrected chi connectivity index (χ3v) is 3.18. The van der Waals surface area contributed by atoms with Crippen LogP contribution in [0.5, 0.6) is 5.75 Å². The van der Waals surface area contributed by atoms with Gasteiger partial charge < -0.3 is 14.8 Å². The van der Waals surface area contributed by atoms with Gasteiger partial charge in [-0.2, -0.15) is 0 Å². The molecule has 0 saturated heterocycles. The Kier molecular flexibility index (Phi) is 5.74. The average molecular weight is 313 g/mol. The first-order valence-corrected chi connectivity index (χ1v) is 7.22. The molecule has 0 aliphatic rings. The van der Waals surface area contributed by atoms with Crippen molar-refractivity contribution in [2.45, 2.75) is 13.3 Å². The number of carbonyl (C=O) groups excluding carboxylic acids is 2. The summed E-state index contributed by atoms with van der Waals surface area (Å²) in [6.45, 7) is 1.88. The molecule has 0 heterocycles. The van der Waals surface area contributed by atoms with E-state index in [0.29, 0.717) is 5.75 Å². The molecule has 5 heteroatoms. The van der Waals surface area contributed by atoms with E-state index in [1.807, 2.05) is 31.2 Å². The van der Waals surface area contributed by atoms with E-state index in [4.69, 9.17) is 4.74 Å². The van der Waals surface area contributed by atoms with E-state index in [-0.39, 0.29) is 24.9 Å². The van der Waals surface area contributed by atoms with Crippen LogP contribution < -0.4 is 10.1 Å². The standard InChI is InChI=1S/C18H19NO4/c1-13-6-8-15(9-7-13)19-17(20)12-23-16-5-3-4-14(10-16)11-18(21)22-2/h3-10H,11-12H2,1-2H3,(H,19,20). The molecule has 2 aromatic rings. The highest BCUT2D eigenvalue weighted by Gasteiger charge is 2.06. The monoisotopic (exact) mass is 313 g/mol. The number of amides is 1. The zero-order valence-corrected chi connectivity index (χ0v) is 13.2. The summed E-state index contributed by atoms with van der Waals surface area (Å²) in [5, 5.41) is 2.76. The number of ether oxygens (including phenoxy) is 2. The Labute approximate surface area is 135 Å². The number of rotatable bonds is 6. The lowest BCUT2D eigenvalue weighted by molar-refractivity contribution is -0.139. The number of nitrogens with one attached hydrogen (secondary N) is 1. The molecule has 2 aromatic carbocycles. The fourth-order valence-corrected chi connectivity index (χ4v) is 1.97. The van der Waals surface area contributed by atoms with E-state index in [2.05, 4.69) is 10.1 Å². The van der Waals surface area contributed by atoms with Crippen molar-refractivity contribution in [2.75, 3.05) is 19.0 Å². The van der Waals surface area contributed by atoms with Crippen molar-refractivity contribution in [3.63, 3.8) is 0 Å². The maximum atomic E-state index is 11.9. The van der Waals surface area contributed by atoms with Gasteiger partial charge in [-0.25, -0.2) is 0 Å². The molecular weight excluding hydrogens is 294 g/mol. The molecule has 0 spiro atoms. The lowest BCUT2D eigenvalue weighted by Gasteiger charge is -2.09. The number of hydrogen-bond acceptors (Lipinski definition) is 4. The summed E-state index contributed by atoms with van der Waals surface area (Å²) < 4.78 is 10.1. The number of esters is 1. The number of anilines is 1. The summed E-state index contributed by atoms with van der Waals surface area (Å²) in [4.78, 5) is 23.1. The van der Waals surface area contributed by atoms with Crippen molar-refractivity contribution in [3.05, 3.63) is 59.7 Å². The number of hydrogen-bond donors (Lipinski definition) is 1. The van der Waals surface area contributed by atoms with Crippen molar-refractivity contribution in [1.82, 2.24) is 0 Å². The second kappa shape index (κ2) is 7.98. The quantitative estimate of drug-likeness (QED) is 0.833. The first-order chi connectivity index (χ1) is 11.1. The minimum absolute atomic E-state index is 0.102. The minimum Gasteiger partial charge on any atom is -0.484 e. The van der Waals surface area contributed by atoms with Crippen LogP contribution in [0.15, 0.2) is 48.5 Å². The van der Waals surface area contributed by atoms with Crippen LogP contribution in [-0.2, 0) is 20.7 Å². The molecule has 0 atom stereocenters. The summed E-state index contributed by atoms with van der Waals surface area (Å²) in [5.41, 5.74) is 2.62. The highest BCUT2D eigenvalue weighted by molar-refractivity contribution is 5.91. The summed E-state index contributed by atoms with van der Waals surface area (Å²) in [5.74, 6) is -0.0306. The molecule has 0 radical (unpaired) electrons. The van der Waals surface area contributed by atoms with Gasteiger partial charge in [0.15, 0.2) is 6.61 Å². The zero-order valence-electron chi connectivity index (χ0n) is 13.2. The third kappa shape index (κ3) is 5.47. The molecule has 0 aliphatic carbocycles. The van der Waals surface area contributed by atoms with Gasteiger partial charge in [-0.1, -0.05) is 29.8 Å². The van der Waals surface area contributed by atoms with Crippen LogP contribution >= 0.6 is 0 Å². The molecule has 0 saturated carbocycles. The third-order valence-electron chi connectivity index (χ3n) is 3.18. The highest BCUT2D eigenvalue weighted by Crippen LogP contribution is 2.14. The van der Waals surface area contributed by atoms with E-state index in [1.165, 1.54) is 7.11 Å². The van der Waals surface area contributed by atoms with Gasteiger partial charge in [0.25, 0.3) is 5.91 Å². The van der Waals surface area contributed by atoms with E-state index in [9.17, 15) is 9.59 Å². The van der Waals surface area contributed by atoms with Crippen LogP contribution in [0.3, 0.4) is 0 Å². The van der Waals surface area contributed by atoms with Gasteiger partial charge in [0, 0.05) is 5.69 Å². The molecule has 0 unspecified atom stereocenters. The fraction of sp³-hybridized carbons (Fsp3) is 0.222. The first kappa shape index (κ1) is 16.5. The Hall–Kier alpha value is -2.82. The molecule has 5 nitrogen and oxygen atoms in total. The summed E-state index contributed by atoms with van der Waals surface area (Å²) in [7, 11) is 1.35. The van der Waals surface area contributed by atoms with Gasteiger partial charge in [0.2, 0.25) is 0 Å². The van der Waals surface area contributed by atoms with Crippen molar-refractivity contribution in [1.29, 1.82) is 0 Å². The predicted molar refractivity (Wildman–Crippen MR) is 87.5 cm³/mol. The lowest BCUT2D eigenvalue weighted by Crippen LogP contribution is -2.20. The van der Waals surface area contributed by atoms with Crippen LogP contribution in [0.1, 0.15) is 11.1 Å². The minimum atomic E-state index is -0.320. The number of aryl methyl sites for hydroxylation is 1. The average Bonchev–Trinajstić information content (AvgIpc) is 2.55. The Morgan fingerprint density at radius 1 is 1.09 bits per heavy atom. The smallest absolute Gasteiger partial charge is 0.309 e. The zero-order chi connectivity index (χ0) is 16.7. The van der Waals surface area contributed by atoms with Crippen LogP contribution in [0.25, 0.3) is 0 Å². The maximum absolute atomic E-state index is 11.9. The van der Waals surface area contributed by atoms with Crippen LogP contribution in [-0.4, -0.2) is 25.6 Å². The van der Waals surface area contributed by atoms with Crippen molar-refractivity contribution in [2.24, 2.45) is 0 Å². The second-order valence-electron chi connectivity index (χ2n) is 5.10. The van der Waals surface area contributed by atoms with Gasteiger partial charge >= 0.3 is 5.97 Å². The number of methoxy groups -OCH3 is 1. The number of benzene rings is 2. The molecule has 120 valence electrons. The molecule has 0 bridgehead atoms.